The van der Waals surface area contributed by atoms with Gasteiger partial charge in [0.2, 0.25) is 6.54 Å². The Morgan fingerprint density at radius 1 is 1.46 bits per heavy atom. The summed E-state index contributed by atoms with van der Waals surface area (Å²) in [4.78, 5) is 10.4. The van der Waals surface area contributed by atoms with Gasteiger partial charge in [-0.2, -0.15) is 0 Å². The molecule has 1 aromatic carbocycles. The molecule has 0 aliphatic rings. The van der Waals surface area contributed by atoms with Crippen molar-refractivity contribution in [2.75, 3.05) is 6.54 Å². The molecular formula is C9H10N2O2. The molecule has 0 saturated heterocycles. The molecule has 0 aromatic heterocycles. The number of carbonyl (C=O) groups excluding carboxylic acids is 1. The number of hydrogen-bond acceptors (Lipinski definition) is 2. The van der Waals surface area contributed by atoms with Crippen LogP contribution in [0.15, 0.2) is 30.3 Å². The number of benzene rings is 1. The molecule has 0 radical (unpaired) electrons. The van der Waals surface area contributed by atoms with Gasteiger partial charge < -0.3 is 10.9 Å². The number of nitrogens with zero attached hydrogens (tertiary/aromatic N) is 1. The summed E-state index contributed by atoms with van der Waals surface area (Å²) in [5.41, 5.74) is 5.60. The quantitative estimate of drug-likeness (QED) is 0.308. The highest BCUT2D eigenvalue weighted by Crippen LogP contribution is 1.93. The van der Waals surface area contributed by atoms with E-state index in [1.54, 1.807) is 12.1 Å². The molecule has 0 heterocycles. The van der Waals surface area contributed by atoms with E-state index in [9.17, 15) is 10.0 Å². The van der Waals surface area contributed by atoms with E-state index in [1.807, 2.05) is 18.2 Å². The van der Waals surface area contributed by atoms with Gasteiger partial charge in [-0.25, -0.2) is 4.74 Å². The second kappa shape index (κ2) is 4.25. The van der Waals surface area contributed by atoms with E-state index in [-0.39, 0.29) is 6.54 Å². The summed E-state index contributed by atoms with van der Waals surface area (Å²) >= 11 is 0. The third kappa shape index (κ3) is 3.37. The van der Waals surface area contributed by atoms with Crippen molar-refractivity contribution >= 4 is 12.1 Å². The molecule has 0 spiro atoms. The van der Waals surface area contributed by atoms with E-state index in [0.717, 1.165) is 5.56 Å². The van der Waals surface area contributed by atoms with Gasteiger partial charge in [0.25, 0.3) is 5.91 Å². The molecule has 13 heavy (non-hydrogen) atoms. The Kier molecular flexibility index (Phi) is 3.03. The van der Waals surface area contributed by atoms with Crippen LogP contribution in [-0.4, -0.2) is 23.4 Å². The first-order chi connectivity index (χ1) is 6.18. The predicted octanol–water partition coefficient (Wildman–Crippen LogP) is 0.101. The molecule has 1 rings (SSSR count). The summed E-state index contributed by atoms with van der Waals surface area (Å²) < 4.78 is 0.512. The number of hydrogen-bond donors (Lipinski definition) is 1. The lowest BCUT2D eigenvalue weighted by Crippen LogP contribution is -2.23. The number of primary amides is 1. The molecule has 0 saturated carbocycles. The molecule has 0 bridgehead atoms. The second-order valence-electron chi connectivity index (χ2n) is 2.58. The van der Waals surface area contributed by atoms with Gasteiger partial charge in [-0.15, -0.1) is 0 Å². The minimum atomic E-state index is -0.637. The molecule has 0 aliphatic heterocycles. The molecule has 68 valence electrons. The van der Waals surface area contributed by atoms with Crippen LogP contribution in [0.2, 0.25) is 0 Å². The molecule has 0 atom stereocenters. The molecule has 1 aromatic rings. The van der Waals surface area contributed by atoms with E-state index in [1.165, 1.54) is 6.21 Å². The van der Waals surface area contributed by atoms with Gasteiger partial charge in [0.1, 0.15) is 0 Å². The van der Waals surface area contributed by atoms with Crippen LogP contribution in [0.5, 0.6) is 0 Å². The normalized spacial score (nSPS) is 11.2. The average Bonchev–Trinajstić information content (AvgIpc) is 2.04. The number of carbonyl (C=O) groups is 1. The van der Waals surface area contributed by atoms with Crippen molar-refractivity contribution in [1.82, 2.24) is 0 Å². The van der Waals surface area contributed by atoms with Crippen molar-refractivity contribution in [1.29, 1.82) is 0 Å². The lowest BCUT2D eigenvalue weighted by molar-refractivity contribution is -0.439. The molecular weight excluding hydrogens is 168 g/mol. The Labute approximate surface area is 75.9 Å². The van der Waals surface area contributed by atoms with E-state index < -0.39 is 5.91 Å². The zero-order chi connectivity index (χ0) is 9.68. The maximum Gasteiger partial charge on any atom is 0.284 e. The van der Waals surface area contributed by atoms with Gasteiger partial charge in [0.05, 0.1) is 0 Å². The monoisotopic (exact) mass is 178 g/mol. The summed E-state index contributed by atoms with van der Waals surface area (Å²) in [6.07, 6.45) is 1.32. The summed E-state index contributed by atoms with van der Waals surface area (Å²) in [5, 5.41) is 11.0. The molecule has 2 N–H and O–H groups in total. The fraction of sp³-hybridized carbons (Fsp3) is 0.111. The van der Waals surface area contributed by atoms with Crippen molar-refractivity contribution in [3.63, 3.8) is 0 Å². The van der Waals surface area contributed by atoms with Crippen LogP contribution in [0, 0.1) is 5.21 Å². The Bertz CT molecular complexity index is 320. The molecule has 0 unspecified atom stereocenters. The predicted molar refractivity (Wildman–Crippen MR) is 49.3 cm³/mol. The van der Waals surface area contributed by atoms with Gasteiger partial charge in [0.15, 0.2) is 6.21 Å². The van der Waals surface area contributed by atoms with Gasteiger partial charge >= 0.3 is 0 Å². The number of amides is 1. The van der Waals surface area contributed by atoms with Crippen molar-refractivity contribution in [2.45, 2.75) is 0 Å². The number of rotatable bonds is 3. The maximum atomic E-state index is 11.0. The van der Waals surface area contributed by atoms with E-state index in [0.29, 0.717) is 4.74 Å². The number of nitrogens with two attached hydrogens (primary N) is 1. The zero-order valence-electron chi connectivity index (χ0n) is 7.01. The Morgan fingerprint density at radius 2 is 2.08 bits per heavy atom. The third-order valence-corrected chi connectivity index (χ3v) is 1.40. The first-order valence-corrected chi connectivity index (χ1v) is 3.80. The zero-order valence-corrected chi connectivity index (χ0v) is 7.01. The second-order valence-corrected chi connectivity index (χ2v) is 2.58. The molecule has 1 amide bonds. The van der Waals surface area contributed by atoms with Crippen LogP contribution in [0.1, 0.15) is 5.56 Å². The van der Waals surface area contributed by atoms with Crippen molar-refractivity contribution in [2.24, 2.45) is 5.73 Å². The maximum absolute atomic E-state index is 11.0. The van der Waals surface area contributed by atoms with E-state index in [4.69, 9.17) is 5.73 Å². The van der Waals surface area contributed by atoms with Crippen LogP contribution >= 0.6 is 0 Å². The topological polar surface area (TPSA) is 69.2 Å². The van der Waals surface area contributed by atoms with Crippen LogP contribution in [0.25, 0.3) is 0 Å². The molecule has 0 aliphatic carbocycles. The van der Waals surface area contributed by atoms with Gasteiger partial charge in [-0.3, -0.25) is 4.79 Å². The van der Waals surface area contributed by atoms with E-state index >= 15 is 0 Å². The number of hydroxylamine groups is 1. The lowest BCUT2D eigenvalue weighted by Gasteiger charge is -1.99. The highest BCUT2D eigenvalue weighted by atomic mass is 16.5. The summed E-state index contributed by atoms with van der Waals surface area (Å²) in [6, 6.07) is 9.01. The van der Waals surface area contributed by atoms with Crippen molar-refractivity contribution in [3.8, 4) is 0 Å². The smallest absolute Gasteiger partial charge is 0.284 e. The van der Waals surface area contributed by atoms with Crippen LogP contribution in [0.3, 0.4) is 0 Å². The third-order valence-electron chi connectivity index (χ3n) is 1.40. The summed E-state index contributed by atoms with van der Waals surface area (Å²) in [7, 11) is 0. The Hall–Kier alpha value is -1.84. The minimum Gasteiger partial charge on any atom is -0.623 e. The first kappa shape index (κ1) is 9.25. The average molecular weight is 178 g/mol. The van der Waals surface area contributed by atoms with Crippen molar-refractivity contribution in [3.05, 3.63) is 41.1 Å². The highest BCUT2D eigenvalue weighted by molar-refractivity contribution is 5.78. The minimum absolute atomic E-state index is 0.311. The van der Waals surface area contributed by atoms with Crippen molar-refractivity contribution < 1.29 is 9.53 Å². The lowest BCUT2D eigenvalue weighted by atomic mass is 10.2. The molecule has 4 heteroatoms. The van der Waals surface area contributed by atoms with Crippen LogP contribution in [0.4, 0.5) is 0 Å². The van der Waals surface area contributed by atoms with Crippen LogP contribution in [-0.2, 0) is 4.79 Å². The first-order valence-electron chi connectivity index (χ1n) is 3.80. The van der Waals surface area contributed by atoms with Gasteiger partial charge in [0, 0.05) is 5.56 Å². The Morgan fingerprint density at radius 3 is 2.62 bits per heavy atom. The highest BCUT2D eigenvalue weighted by Gasteiger charge is 1.99. The van der Waals surface area contributed by atoms with Crippen LogP contribution < -0.4 is 5.73 Å². The largest absolute Gasteiger partial charge is 0.623 e. The van der Waals surface area contributed by atoms with E-state index in [2.05, 4.69) is 0 Å². The fourth-order valence-electron chi connectivity index (χ4n) is 0.905. The molecule has 4 nitrogen and oxygen atoms in total. The fourth-order valence-corrected chi connectivity index (χ4v) is 0.905. The van der Waals surface area contributed by atoms with Gasteiger partial charge in [-0.05, 0) is 12.1 Å². The summed E-state index contributed by atoms with van der Waals surface area (Å²) in [6.45, 7) is -0.311. The SMILES string of the molecule is NC(=O)C/[N+]([O-])=C/c1ccccc1. The molecule has 0 fully saturated rings. The standard InChI is InChI=1S/C9H10N2O2/c10-9(12)7-11(13)6-8-4-2-1-3-5-8/h1-6H,7H2,(H2,10,12)/b11-6-. The van der Waals surface area contributed by atoms with Gasteiger partial charge in [-0.1, -0.05) is 18.2 Å². The summed E-state index contributed by atoms with van der Waals surface area (Å²) in [5.74, 6) is -0.637. The Balaban J connectivity index is 2.71.